The van der Waals surface area contributed by atoms with Crippen molar-refractivity contribution in [3.05, 3.63) is 28.2 Å². The molecule has 0 fully saturated rings. The Morgan fingerprint density at radius 2 is 1.81 bits per heavy atom. The van der Waals surface area contributed by atoms with Crippen molar-refractivity contribution >= 4 is 21.6 Å². The van der Waals surface area contributed by atoms with Gasteiger partial charge in [-0.05, 0) is 30.7 Å². The molecule has 21 heavy (non-hydrogen) atoms. The van der Waals surface area contributed by atoms with Crippen LogP contribution in [0.5, 0.6) is 0 Å². The molecule has 0 amide bonds. The molecule has 0 saturated carbocycles. The van der Waals surface area contributed by atoms with E-state index in [1.165, 1.54) is 11.3 Å². The van der Waals surface area contributed by atoms with Crippen LogP contribution in [-0.4, -0.2) is 47.1 Å². The maximum Gasteiger partial charge on any atom is 0.0637 e. The predicted molar refractivity (Wildman–Crippen MR) is 92.1 cm³/mol. The highest BCUT2D eigenvalue weighted by molar-refractivity contribution is 9.10. The van der Waals surface area contributed by atoms with E-state index in [-0.39, 0.29) is 0 Å². The molecule has 1 aromatic carbocycles. The number of nitrogens with zero attached hydrogens (tertiary/aromatic N) is 1. The van der Waals surface area contributed by atoms with Crippen LogP contribution in [-0.2, 0) is 16.0 Å². The molecule has 1 N–H and O–H groups in total. The first-order valence-corrected chi connectivity index (χ1v) is 8.24. The van der Waals surface area contributed by atoms with Crippen molar-refractivity contribution in [3.8, 4) is 0 Å². The molecule has 0 heterocycles. The van der Waals surface area contributed by atoms with Gasteiger partial charge in [0.25, 0.3) is 0 Å². The summed E-state index contributed by atoms with van der Waals surface area (Å²) in [6.07, 6.45) is 1.15. The molecule has 0 bridgehead atoms. The molecule has 0 aliphatic heterocycles. The first-order chi connectivity index (χ1) is 10.2. The Morgan fingerprint density at radius 1 is 1.14 bits per heavy atom. The molecular weight excluding hydrogens is 332 g/mol. The largest absolute Gasteiger partial charge is 0.383 e. The van der Waals surface area contributed by atoms with E-state index in [1.54, 1.807) is 14.2 Å². The first kappa shape index (κ1) is 18.4. The highest BCUT2D eigenvalue weighted by Gasteiger charge is 2.08. The molecule has 0 saturated heterocycles. The second-order valence-corrected chi connectivity index (χ2v) is 5.78. The van der Waals surface area contributed by atoms with Gasteiger partial charge in [-0.2, -0.15) is 0 Å². The number of halogens is 1. The number of nitrogens with one attached hydrogen (secondary N) is 1. The summed E-state index contributed by atoms with van der Waals surface area (Å²) in [6, 6.07) is 6.52. The van der Waals surface area contributed by atoms with Crippen molar-refractivity contribution in [2.45, 2.75) is 19.9 Å². The molecule has 0 aromatic heterocycles. The Bertz CT molecular complexity index is 394. The lowest BCUT2D eigenvalue weighted by Crippen LogP contribution is -2.30. The standard InChI is InChI=1S/C16H27BrN2O2/c1-4-7-18-13-14-5-6-15(12-16(14)17)19(8-10-20-2)9-11-21-3/h5-6,12,18H,4,7-11,13H2,1-3H3. The molecule has 0 aliphatic rings. The number of anilines is 1. The summed E-state index contributed by atoms with van der Waals surface area (Å²) < 4.78 is 11.5. The van der Waals surface area contributed by atoms with Gasteiger partial charge in [-0.3, -0.25) is 0 Å². The van der Waals surface area contributed by atoms with Crippen LogP contribution in [0.1, 0.15) is 18.9 Å². The van der Waals surface area contributed by atoms with E-state index >= 15 is 0 Å². The minimum atomic E-state index is 0.709. The number of rotatable bonds is 11. The van der Waals surface area contributed by atoms with Crippen molar-refractivity contribution in [1.29, 1.82) is 0 Å². The summed E-state index contributed by atoms with van der Waals surface area (Å²) >= 11 is 3.67. The van der Waals surface area contributed by atoms with Crippen molar-refractivity contribution < 1.29 is 9.47 Å². The third-order valence-electron chi connectivity index (χ3n) is 3.27. The lowest BCUT2D eigenvalue weighted by atomic mass is 10.2. The Hall–Kier alpha value is -0.620. The van der Waals surface area contributed by atoms with Crippen molar-refractivity contribution in [3.63, 3.8) is 0 Å². The maximum atomic E-state index is 5.19. The average Bonchev–Trinajstić information content (AvgIpc) is 2.49. The van der Waals surface area contributed by atoms with Gasteiger partial charge in [0.15, 0.2) is 0 Å². The van der Waals surface area contributed by atoms with Crippen LogP contribution in [0.25, 0.3) is 0 Å². The Balaban J connectivity index is 2.71. The second-order valence-electron chi connectivity index (χ2n) is 4.93. The monoisotopic (exact) mass is 358 g/mol. The third kappa shape index (κ3) is 6.78. The van der Waals surface area contributed by atoms with Crippen LogP contribution in [0.2, 0.25) is 0 Å². The van der Waals surface area contributed by atoms with Gasteiger partial charge in [-0.25, -0.2) is 0 Å². The summed E-state index contributed by atoms with van der Waals surface area (Å²) in [5, 5.41) is 3.43. The fraction of sp³-hybridized carbons (Fsp3) is 0.625. The highest BCUT2D eigenvalue weighted by Crippen LogP contribution is 2.24. The number of hydrogen-bond donors (Lipinski definition) is 1. The zero-order chi connectivity index (χ0) is 15.5. The van der Waals surface area contributed by atoms with Gasteiger partial charge in [0.2, 0.25) is 0 Å². The van der Waals surface area contributed by atoms with Crippen molar-refractivity contribution in [1.82, 2.24) is 5.32 Å². The number of hydrogen-bond acceptors (Lipinski definition) is 4. The maximum absolute atomic E-state index is 5.19. The van der Waals surface area contributed by atoms with Crippen LogP contribution in [0.15, 0.2) is 22.7 Å². The Labute approximate surface area is 136 Å². The van der Waals surface area contributed by atoms with E-state index in [0.717, 1.165) is 37.1 Å². The van der Waals surface area contributed by atoms with E-state index in [9.17, 15) is 0 Å². The van der Waals surface area contributed by atoms with Gasteiger partial charge in [-0.1, -0.05) is 28.9 Å². The van der Waals surface area contributed by atoms with Gasteiger partial charge in [0, 0.05) is 44.0 Å². The SMILES string of the molecule is CCCNCc1ccc(N(CCOC)CCOC)cc1Br. The number of benzene rings is 1. The number of ether oxygens (including phenoxy) is 2. The molecule has 1 rings (SSSR count). The Kier molecular flexibility index (Phi) is 9.67. The Morgan fingerprint density at radius 3 is 2.33 bits per heavy atom. The van der Waals surface area contributed by atoms with E-state index in [1.807, 2.05) is 0 Å². The normalized spacial score (nSPS) is 10.9. The highest BCUT2D eigenvalue weighted by atomic mass is 79.9. The van der Waals surface area contributed by atoms with E-state index < -0.39 is 0 Å². The molecule has 0 atom stereocenters. The van der Waals surface area contributed by atoms with Crippen LogP contribution < -0.4 is 10.2 Å². The lowest BCUT2D eigenvalue weighted by molar-refractivity contribution is 0.190. The van der Waals surface area contributed by atoms with E-state index in [0.29, 0.717) is 13.2 Å². The predicted octanol–water partition coefficient (Wildman–Crippen LogP) is 3.05. The summed E-state index contributed by atoms with van der Waals surface area (Å²) in [6.45, 7) is 7.25. The molecule has 0 spiro atoms. The second kappa shape index (κ2) is 11.0. The fourth-order valence-electron chi connectivity index (χ4n) is 2.05. The zero-order valence-electron chi connectivity index (χ0n) is 13.3. The lowest BCUT2D eigenvalue weighted by Gasteiger charge is -2.25. The van der Waals surface area contributed by atoms with E-state index in [2.05, 4.69) is 51.3 Å². The average molecular weight is 359 g/mol. The van der Waals surface area contributed by atoms with Gasteiger partial charge in [0.05, 0.1) is 13.2 Å². The smallest absolute Gasteiger partial charge is 0.0637 e. The molecule has 0 radical (unpaired) electrons. The van der Waals surface area contributed by atoms with Gasteiger partial charge in [0.1, 0.15) is 0 Å². The molecule has 4 nitrogen and oxygen atoms in total. The summed E-state index contributed by atoms with van der Waals surface area (Å²) in [5.74, 6) is 0. The van der Waals surface area contributed by atoms with Crippen LogP contribution in [0, 0.1) is 0 Å². The minimum absolute atomic E-state index is 0.709. The van der Waals surface area contributed by atoms with Gasteiger partial charge in [-0.15, -0.1) is 0 Å². The molecule has 120 valence electrons. The van der Waals surface area contributed by atoms with Gasteiger partial charge < -0.3 is 19.7 Å². The summed E-state index contributed by atoms with van der Waals surface area (Å²) in [4.78, 5) is 2.28. The van der Waals surface area contributed by atoms with E-state index in [4.69, 9.17) is 9.47 Å². The summed E-state index contributed by atoms with van der Waals surface area (Å²) in [5.41, 5.74) is 2.47. The zero-order valence-corrected chi connectivity index (χ0v) is 14.9. The fourth-order valence-corrected chi connectivity index (χ4v) is 2.56. The third-order valence-corrected chi connectivity index (χ3v) is 4.01. The van der Waals surface area contributed by atoms with Crippen molar-refractivity contribution in [2.24, 2.45) is 0 Å². The molecule has 5 heteroatoms. The number of methoxy groups -OCH3 is 2. The van der Waals surface area contributed by atoms with Crippen LogP contribution in [0.4, 0.5) is 5.69 Å². The molecular formula is C16H27BrN2O2. The molecule has 0 aliphatic carbocycles. The first-order valence-electron chi connectivity index (χ1n) is 7.44. The molecule has 0 unspecified atom stereocenters. The quantitative estimate of drug-likeness (QED) is 0.616. The topological polar surface area (TPSA) is 33.7 Å². The van der Waals surface area contributed by atoms with Crippen LogP contribution >= 0.6 is 15.9 Å². The van der Waals surface area contributed by atoms with Crippen LogP contribution in [0.3, 0.4) is 0 Å². The molecule has 1 aromatic rings. The minimum Gasteiger partial charge on any atom is -0.383 e. The van der Waals surface area contributed by atoms with Gasteiger partial charge >= 0.3 is 0 Å². The summed E-state index contributed by atoms with van der Waals surface area (Å²) in [7, 11) is 3.46. The van der Waals surface area contributed by atoms with Crippen molar-refractivity contribution in [2.75, 3.05) is 52.0 Å².